The SMILES string of the molecule is CC1CN(c2ccc(/C(N)=N/O)nc2)CC1N(C)C. The Morgan fingerprint density at radius 1 is 1.47 bits per heavy atom. The second kappa shape index (κ2) is 5.44. The van der Waals surface area contributed by atoms with E-state index in [2.05, 4.69) is 41.0 Å². The molecule has 6 nitrogen and oxygen atoms in total. The van der Waals surface area contributed by atoms with Crippen molar-refractivity contribution < 1.29 is 5.21 Å². The average Bonchev–Trinajstić information content (AvgIpc) is 2.80. The van der Waals surface area contributed by atoms with E-state index < -0.39 is 0 Å². The largest absolute Gasteiger partial charge is 0.409 e. The molecule has 2 rings (SSSR count). The number of nitrogens with zero attached hydrogens (tertiary/aromatic N) is 4. The third-order valence-corrected chi connectivity index (χ3v) is 3.72. The van der Waals surface area contributed by atoms with Crippen molar-refractivity contribution in [2.75, 3.05) is 32.1 Å². The topological polar surface area (TPSA) is 78.0 Å². The molecule has 2 atom stereocenters. The van der Waals surface area contributed by atoms with E-state index in [1.807, 2.05) is 6.07 Å². The van der Waals surface area contributed by atoms with Crippen LogP contribution in [0, 0.1) is 5.92 Å². The zero-order valence-corrected chi connectivity index (χ0v) is 11.6. The lowest BCUT2D eigenvalue weighted by Gasteiger charge is -2.22. The van der Waals surface area contributed by atoms with Gasteiger partial charge in [-0.3, -0.25) is 4.98 Å². The minimum atomic E-state index is 0.0347. The molecule has 2 unspecified atom stereocenters. The maximum absolute atomic E-state index is 8.61. The van der Waals surface area contributed by atoms with Crippen LogP contribution >= 0.6 is 0 Å². The highest BCUT2D eigenvalue weighted by atomic mass is 16.4. The third kappa shape index (κ3) is 2.78. The van der Waals surface area contributed by atoms with Crippen molar-refractivity contribution in [2.24, 2.45) is 16.8 Å². The van der Waals surface area contributed by atoms with Crippen LogP contribution in [0.1, 0.15) is 12.6 Å². The Balaban J connectivity index is 2.12. The van der Waals surface area contributed by atoms with Gasteiger partial charge in [-0.15, -0.1) is 0 Å². The van der Waals surface area contributed by atoms with Crippen molar-refractivity contribution in [3.05, 3.63) is 24.0 Å². The Hall–Kier alpha value is -1.82. The molecule has 1 aromatic rings. The summed E-state index contributed by atoms with van der Waals surface area (Å²) >= 11 is 0. The van der Waals surface area contributed by atoms with Crippen LogP contribution < -0.4 is 10.6 Å². The Morgan fingerprint density at radius 2 is 2.21 bits per heavy atom. The predicted molar refractivity (Wildman–Crippen MR) is 75.6 cm³/mol. The maximum Gasteiger partial charge on any atom is 0.188 e. The molecule has 3 N–H and O–H groups in total. The zero-order chi connectivity index (χ0) is 14.0. The summed E-state index contributed by atoms with van der Waals surface area (Å²) in [5.74, 6) is 0.659. The second-order valence-corrected chi connectivity index (χ2v) is 5.30. The van der Waals surface area contributed by atoms with Crippen molar-refractivity contribution in [3.63, 3.8) is 0 Å². The maximum atomic E-state index is 8.61. The fourth-order valence-corrected chi connectivity index (χ4v) is 2.61. The normalized spacial score (nSPS) is 24.2. The number of hydrogen-bond acceptors (Lipinski definition) is 5. The number of hydrogen-bond donors (Lipinski definition) is 2. The van der Waals surface area contributed by atoms with Crippen LogP contribution in [0.3, 0.4) is 0 Å². The highest BCUT2D eigenvalue weighted by Crippen LogP contribution is 2.25. The van der Waals surface area contributed by atoms with Crippen LogP contribution in [-0.2, 0) is 0 Å². The van der Waals surface area contributed by atoms with E-state index in [0.717, 1.165) is 18.8 Å². The Bertz CT molecular complexity index is 457. The number of pyridine rings is 1. The molecular weight excluding hydrogens is 242 g/mol. The highest BCUT2D eigenvalue weighted by molar-refractivity contribution is 5.95. The molecule has 104 valence electrons. The fraction of sp³-hybridized carbons (Fsp3) is 0.538. The van der Waals surface area contributed by atoms with Gasteiger partial charge in [0, 0.05) is 19.1 Å². The van der Waals surface area contributed by atoms with Crippen LogP contribution in [0.4, 0.5) is 5.69 Å². The molecule has 0 saturated carbocycles. The molecule has 0 aliphatic carbocycles. The van der Waals surface area contributed by atoms with Gasteiger partial charge in [-0.1, -0.05) is 12.1 Å². The molecule has 1 aliphatic rings. The van der Waals surface area contributed by atoms with Crippen LogP contribution in [0.2, 0.25) is 0 Å². The van der Waals surface area contributed by atoms with E-state index in [1.54, 1.807) is 12.3 Å². The summed E-state index contributed by atoms with van der Waals surface area (Å²) in [5, 5.41) is 11.6. The van der Waals surface area contributed by atoms with Crippen molar-refractivity contribution >= 4 is 11.5 Å². The molecule has 0 bridgehead atoms. The number of oxime groups is 1. The summed E-state index contributed by atoms with van der Waals surface area (Å²) in [6.07, 6.45) is 1.78. The van der Waals surface area contributed by atoms with E-state index in [9.17, 15) is 0 Å². The summed E-state index contributed by atoms with van der Waals surface area (Å²) in [6.45, 7) is 4.29. The minimum absolute atomic E-state index is 0.0347. The predicted octanol–water partition coefficient (Wildman–Crippen LogP) is 0.562. The molecule has 0 amide bonds. The van der Waals surface area contributed by atoms with Crippen LogP contribution in [-0.4, -0.2) is 54.2 Å². The first kappa shape index (κ1) is 13.6. The van der Waals surface area contributed by atoms with Gasteiger partial charge in [0.1, 0.15) is 5.69 Å². The van der Waals surface area contributed by atoms with Gasteiger partial charge in [0.25, 0.3) is 0 Å². The van der Waals surface area contributed by atoms with E-state index in [4.69, 9.17) is 10.9 Å². The Labute approximate surface area is 113 Å². The summed E-state index contributed by atoms with van der Waals surface area (Å²) < 4.78 is 0. The summed E-state index contributed by atoms with van der Waals surface area (Å²) in [5.41, 5.74) is 7.06. The molecule has 1 saturated heterocycles. The lowest BCUT2D eigenvalue weighted by Crippen LogP contribution is -2.34. The van der Waals surface area contributed by atoms with Gasteiger partial charge < -0.3 is 20.7 Å². The Morgan fingerprint density at radius 3 is 2.68 bits per heavy atom. The standard InChI is InChI=1S/C13H21N5O/c1-9-7-18(8-12(9)17(2)3)10-4-5-11(15-6-10)13(14)16-19/h4-6,9,12,19H,7-8H2,1-3H3,(H2,14,16). The van der Waals surface area contributed by atoms with Crippen molar-refractivity contribution in [1.29, 1.82) is 0 Å². The molecule has 0 radical (unpaired) electrons. The van der Waals surface area contributed by atoms with E-state index >= 15 is 0 Å². The monoisotopic (exact) mass is 263 g/mol. The number of rotatable bonds is 3. The smallest absolute Gasteiger partial charge is 0.188 e. The quantitative estimate of drug-likeness (QED) is 0.361. The number of aromatic nitrogens is 1. The van der Waals surface area contributed by atoms with Crippen molar-refractivity contribution in [2.45, 2.75) is 13.0 Å². The Kier molecular flexibility index (Phi) is 3.90. The van der Waals surface area contributed by atoms with Gasteiger partial charge in [-0.05, 0) is 32.1 Å². The van der Waals surface area contributed by atoms with Crippen molar-refractivity contribution in [1.82, 2.24) is 9.88 Å². The highest BCUT2D eigenvalue weighted by Gasteiger charge is 2.31. The summed E-state index contributed by atoms with van der Waals surface area (Å²) in [4.78, 5) is 8.80. The van der Waals surface area contributed by atoms with Gasteiger partial charge in [-0.2, -0.15) is 0 Å². The first-order valence-electron chi connectivity index (χ1n) is 6.38. The van der Waals surface area contributed by atoms with E-state index in [0.29, 0.717) is 17.7 Å². The molecule has 2 heterocycles. The molecule has 1 fully saturated rings. The lowest BCUT2D eigenvalue weighted by atomic mass is 10.1. The van der Waals surface area contributed by atoms with Gasteiger partial charge >= 0.3 is 0 Å². The second-order valence-electron chi connectivity index (χ2n) is 5.30. The van der Waals surface area contributed by atoms with Crippen molar-refractivity contribution in [3.8, 4) is 0 Å². The van der Waals surface area contributed by atoms with Gasteiger partial charge in [0.2, 0.25) is 0 Å². The number of nitrogens with two attached hydrogens (primary N) is 1. The van der Waals surface area contributed by atoms with Gasteiger partial charge in [-0.25, -0.2) is 0 Å². The van der Waals surface area contributed by atoms with Gasteiger partial charge in [0.15, 0.2) is 5.84 Å². The fourth-order valence-electron chi connectivity index (χ4n) is 2.61. The zero-order valence-electron chi connectivity index (χ0n) is 11.6. The van der Waals surface area contributed by atoms with Crippen LogP contribution in [0.15, 0.2) is 23.5 Å². The summed E-state index contributed by atoms with van der Waals surface area (Å²) in [7, 11) is 4.23. The first-order chi connectivity index (χ1) is 9.02. The van der Waals surface area contributed by atoms with Crippen LogP contribution in [0.5, 0.6) is 0 Å². The molecule has 6 heteroatoms. The third-order valence-electron chi connectivity index (χ3n) is 3.72. The number of likely N-dealkylation sites (N-methyl/N-ethyl adjacent to an activating group) is 1. The summed E-state index contributed by atoms with van der Waals surface area (Å²) in [6, 6.07) is 4.30. The van der Waals surface area contributed by atoms with Gasteiger partial charge in [0.05, 0.1) is 11.9 Å². The number of amidine groups is 1. The molecule has 19 heavy (non-hydrogen) atoms. The minimum Gasteiger partial charge on any atom is -0.409 e. The van der Waals surface area contributed by atoms with E-state index in [-0.39, 0.29) is 5.84 Å². The molecule has 1 aliphatic heterocycles. The van der Waals surface area contributed by atoms with Crippen LogP contribution in [0.25, 0.3) is 0 Å². The number of anilines is 1. The molecule has 0 spiro atoms. The first-order valence-corrected chi connectivity index (χ1v) is 6.38. The molecule has 1 aromatic heterocycles. The average molecular weight is 263 g/mol. The molecular formula is C13H21N5O. The molecule has 0 aromatic carbocycles. The lowest BCUT2D eigenvalue weighted by molar-refractivity contribution is 0.266. The van der Waals surface area contributed by atoms with E-state index in [1.165, 1.54) is 0 Å².